The lowest BCUT2D eigenvalue weighted by Crippen LogP contribution is -2.54. The van der Waals surface area contributed by atoms with Crippen molar-refractivity contribution in [2.75, 3.05) is 54.4 Å². The van der Waals surface area contributed by atoms with E-state index in [0.717, 1.165) is 0 Å². The van der Waals surface area contributed by atoms with E-state index < -0.39 is 11.7 Å². The van der Waals surface area contributed by atoms with Gasteiger partial charge in [0.2, 0.25) is 0 Å². The van der Waals surface area contributed by atoms with Crippen LogP contribution in [0.15, 0.2) is 24.0 Å². The Morgan fingerprint density at radius 2 is 1.74 bits per heavy atom. The van der Waals surface area contributed by atoms with E-state index in [9.17, 15) is 0 Å². The zero-order valence-corrected chi connectivity index (χ0v) is 13.4. The summed E-state index contributed by atoms with van der Waals surface area (Å²) in [7, 11) is 4.53. The maximum atomic E-state index is 6.02. The summed E-state index contributed by atoms with van der Waals surface area (Å²) in [6.45, 7) is 1.10. The summed E-state index contributed by atoms with van der Waals surface area (Å²) < 4.78 is 28.1. The minimum Gasteiger partial charge on any atom is -0.495 e. The lowest BCUT2D eigenvalue weighted by atomic mass is 9.93. The van der Waals surface area contributed by atoms with Gasteiger partial charge >= 0.3 is 0 Å². The molecule has 2 heterocycles. The molecule has 132 valence electrons. The third-order valence-electron chi connectivity index (χ3n) is 3.35. The lowest BCUT2D eigenvalue weighted by Gasteiger charge is -2.41. The second-order valence-corrected chi connectivity index (χ2v) is 4.67. The summed E-state index contributed by atoms with van der Waals surface area (Å²) in [6.07, 6.45) is 1.92. The lowest BCUT2D eigenvalue weighted by molar-refractivity contribution is -0.290. The van der Waals surface area contributed by atoms with Crippen molar-refractivity contribution in [1.82, 2.24) is 0 Å². The number of hydrogen-bond donors (Lipinski definition) is 0. The van der Waals surface area contributed by atoms with Crippen LogP contribution in [0.4, 0.5) is 0 Å². The van der Waals surface area contributed by atoms with Gasteiger partial charge in [0.15, 0.2) is 35.7 Å². The molecule has 0 saturated heterocycles. The molecule has 0 aromatic rings. The summed E-state index contributed by atoms with van der Waals surface area (Å²) in [5.74, 6) is 0.680. The van der Waals surface area contributed by atoms with Gasteiger partial charge in [0.05, 0.1) is 34.0 Å². The van der Waals surface area contributed by atoms with E-state index in [2.05, 4.69) is 0 Å². The Labute approximate surface area is 134 Å². The van der Waals surface area contributed by atoms with Gasteiger partial charge < -0.3 is 33.5 Å². The summed E-state index contributed by atoms with van der Waals surface area (Å²) in [6, 6.07) is 0. The fourth-order valence-corrected chi connectivity index (χ4v) is 2.38. The first kappa shape index (κ1) is 17.8. The van der Waals surface area contributed by atoms with Crippen LogP contribution >= 0.6 is 0 Å². The standard InChI is InChI=1S/C14H22O9/c1-15-10-14(12(17-3)9-23-21-7-5-19-14)13-11(16-2)8-22-20-6-4-18-13/h8-9,13H,4-7,10H2,1-3H3. The van der Waals surface area contributed by atoms with E-state index in [-0.39, 0.29) is 33.0 Å². The second kappa shape index (κ2) is 8.94. The van der Waals surface area contributed by atoms with Gasteiger partial charge in [-0.15, -0.1) is 0 Å². The molecular formula is C14H22O9. The predicted octanol–water partition coefficient (Wildman–Crippen LogP) is 0.673. The van der Waals surface area contributed by atoms with E-state index in [1.165, 1.54) is 26.7 Å². The molecule has 0 radical (unpaired) electrons. The molecule has 2 aliphatic heterocycles. The molecule has 2 rings (SSSR count). The summed E-state index contributed by atoms with van der Waals surface area (Å²) in [5, 5.41) is 0. The number of ether oxygens (including phenoxy) is 5. The normalized spacial score (nSPS) is 29.4. The molecule has 2 atom stereocenters. The van der Waals surface area contributed by atoms with E-state index in [1.54, 1.807) is 7.11 Å². The second-order valence-electron chi connectivity index (χ2n) is 4.67. The SMILES string of the molecule is COCC1(C2OCCOOC=C2OC)OCCOOC=C1OC. The van der Waals surface area contributed by atoms with Crippen LogP contribution in [0.3, 0.4) is 0 Å². The molecule has 0 spiro atoms. The first-order valence-electron chi connectivity index (χ1n) is 7.08. The Hall–Kier alpha value is -1.52. The molecule has 0 aromatic carbocycles. The highest BCUT2D eigenvalue weighted by molar-refractivity contribution is 5.21. The smallest absolute Gasteiger partial charge is 0.185 e. The fourth-order valence-electron chi connectivity index (χ4n) is 2.38. The molecule has 0 N–H and O–H groups in total. The Morgan fingerprint density at radius 1 is 1.00 bits per heavy atom. The van der Waals surface area contributed by atoms with Gasteiger partial charge in [-0.3, -0.25) is 0 Å². The van der Waals surface area contributed by atoms with Crippen LogP contribution in [-0.2, 0) is 43.2 Å². The molecule has 9 nitrogen and oxygen atoms in total. The van der Waals surface area contributed by atoms with Crippen molar-refractivity contribution >= 4 is 0 Å². The van der Waals surface area contributed by atoms with Crippen LogP contribution in [0, 0.1) is 0 Å². The maximum Gasteiger partial charge on any atom is 0.185 e. The van der Waals surface area contributed by atoms with Crippen molar-refractivity contribution in [3.8, 4) is 0 Å². The van der Waals surface area contributed by atoms with Crippen molar-refractivity contribution in [3.05, 3.63) is 24.0 Å². The van der Waals surface area contributed by atoms with Gasteiger partial charge in [-0.2, -0.15) is 9.78 Å². The van der Waals surface area contributed by atoms with E-state index in [1.807, 2.05) is 0 Å². The number of hydrogen-bond acceptors (Lipinski definition) is 9. The molecule has 0 aromatic heterocycles. The molecule has 0 saturated carbocycles. The van der Waals surface area contributed by atoms with Gasteiger partial charge in [0, 0.05) is 7.11 Å². The van der Waals surface area contributed by atoms with E-state index >= 15 is 0 Å². The van der Waals surface area contributed by atoms with Crippen LogP contribution in [0.1, 0.15) is 0 Å². The molecule has 23 heavy (non-hydrogen) atoms. The van der Waals surface area contributed by atoms with Crippen LogP contribution in [0.25, 0.3) is 0 Å². The zero-order chi connectivity index (χ0) is 16.5. The molecule has 0 fully saturated rings. The minimum absolute atomic E-state index is 0.127. The van der Waals surface area contributed by atoms with Gasteiger partial charge in [-0.05, 0) is 0 Å². The number of methoxy groups -OCH3 is 3. The quantitative estimate of drug-likeness (QED) is 0.674. The van der Waals surface area contributed by atoms with Gasteiger partial charge in [-0.25, -0.2) is 0 Å². The predicted molar refractivity (Wildman–Crippen MR) is 74.6 cm³/mol. The van der Waals surface area contributed by atoms with Crippen LogP contribution in [0.5, 0.6) is 0 Å². The Kier molecular flexibility index (Phi) is 6.93. The van der Waals surface area contributed by atoms with Crippen LogP contribution in [-0.4, -0.2) is 66.1 Å². The Bertz CT molecular complexity index is 422. The van der Waals surface area contributed by atoms with Crippen molar-refractivity contribution in [3.63, 3.8) is 0 Å². The molecular weight excluding hydrogens is 312 g/mol. The zero-order valence-electron chi connectivity index (χ0n) is 13.4. The van der Waals surface area contributed by atoms with Gasteiger partial charge in [0.25, 0.3) is 0 Å². The maximum absolute atomic E-state index is 6.02. The Balaban J connectivity index is 2.45. The average molecular weight is 334 g/mol. The third-order valence-corrected chi connectivity index (χ3v) is 3.35. The minimum atomic E-state index is -1.14. The summed E-state index contributed by atoms with van der Waals surface area (Å²) in [4.78, 5) is 19.8. The molecule has 2 unspecified atom stereocenters. The molecule has 9 heteroatoms. The molecule has 0 bridgehead atoms. The largest absolute Gasteiger partial charge is 0.495 e. The fraction of sp³-hybridized carbons (Fsp3) is 0.714. The summed E-state index contributed by atoms with van der Waals surface area (Å²) >= 11 is 0. The van der Waals surface area contributed by atoms with E-state index in [4.69, 9.17) is 43.2 Å². The third kappa shape index (κ3) is 4.06. The Morgan fingerprint density at radius 3 is 2.43 bits per heavy atom. The molecule has 2 aliphatic rings. The topological polar surface area (TPSA) is 83.1 Å². The number of rotatable bonds is 5. The van der Waals surface area contributed by atoms with Crippen molar-refractivity contribution < 1.29 is 43.2 Å². The average Bonchev–Trinajstić information content (AvgIpc) is 2.51. The van der Waals surface area contributed by atoms with Crippen LogP contribution in [0.2, 0.25) is 0 Å². The molecule has 0 aliphatic carbocycles. The highest BCUT2D eigenvalue weighted by Crippen LogP contribution is 2.35. The van der Waals surface area contributed by atoms with Crippen molar-refractivity contribution in [2.45, 2.75) is 11.7 Å². The van der Waals surface area contributed by atoms with E-state index in [0.29, 0.717) is 11.5 Å². The monoisotopic (exact) mass is 334 g/mol. The first-order valence-corrected chi connectivity index (χ1v) is 7.08. The molecule has 0 amide bonds. The highest BCUT2D eigenvalue weighted by Gasteiger charge is 2.50. The van der Waals surface area contributed by atoms with Crippen molar-refractivity contribution in [2.24, 2.45) is 0 Å². The van der Waals surface area contributed by atoms with Gasteiger partial charge in [-0.1, -0.05) is 0 Å². The van der Waals surface area contributed by atoms with Crippen molar-refractivity contribution in [1.29, 1.82) is 0 Å². The highest BCUT2D eigenvalue weighted by atomic mass is 17.2. The summed E-state index contributed by atoms with van der Waals surface area (Å²) in [5.41, 5.74) is -1.14. The van der Waals surface area contributed by atoms with Gasteiger partial charge in [0.1, 0.15) is 13.2 Å². The first-order chi connectivity index (χ1) is 11.3. The van der Waals surface area contributed by atoms with Crippen LogP contribution < -0.4 is 0 Å².